The van der Waals surface area contributed by atoms with Gasteiger partial charge < -0.3 is 4.72 Å². The maximum atomic E-state index is 12.2. The van der Waals surface area contributed by atoms with Gasteiger partial charge in [-0.25, -0.2) is 8.42 Å². The van der Waals surface area contributed by atoms with Crippen LogP contribution in [0.25, 0.3) is 4.72 Å². The molecule has 0 saturated carbocycles. The van der Waals surface area contributed by atoms with Crippen molar-refractivity contribution in [1.82, 2.24) is 0 Å². The molecule has 0 atom stereocenters. The molecule has 1 aromatic carbocycles. The summed E-state index contributed by atoms with van der Waals surface area (Å²) in [5.74, 6) is 0. The second-order valence-corrected chi connectivity index (χ2v) is 4.96. The van der Waals surface area contributed by atoms with E-state index in [-0.39, 0.29) is 0 Å². The maximum Gasteiger partial charge on any atom is 0.416 e. The van der Waals surface area contributed by atoms with E-state index in [1.807, 2.05) is 0 Å². The molecule has 3 nitrogen and oxygen atoms in total. The van der Waals surface area contributed by atoms with Crippen LogP contribution in [0.3, 0.4) is 0 Å². The summed E-state index contributed by atoms with van der Waals surface area (Å²) >= 11 is 5.46. The number of alkyl halides is 3. The highest BCUT2D eigenvalue weighted by Gasteiger charge is 2.31. The maximum absolute atomic E-state index is 12.2. The van der Waals surface area contributed by atoms with E-state index < -0.39 is 31.7 Å². The fraction of sp³-hybridized carbons (Fsp3) is 0.250. The molecule has 0 aliphatic heterocycles. The van der Waals surface area contributed by atoms with Crippen LogP contribution >= 0.6 is 11.6 Å². The lowest BCUT2D eigenvalue weighted by molar-refractivity contribution is -0.137. The molecule has 0 radical (unpaired) electrons. The van der Waals surface area contributed by atoms with E-state index in [2.05, 4.69) is 4.72 Å². The van der Waals surface area contributed by atoms with Gasteiger partial charge in [-0.05, 0) is 18.2 Å². The van der Waals surface area contributed by atoms with E-state index in [0.717, 1.165) is 13.1 Å². The Balaban J connectivity index is 3.32. The van der Waals surface area contributed by atoms with Crippen LogP contribution in [-0.4, -0.2) is 15.5 Å². The molecule has 1 aromatic rings. The minimum absolute atomic E-state index is 0.440. The summed E-state index contributed by atoms with van der Waals surface area (Å²) in [5, 5.41) is -0.500. The van der Waals surface area contributed by atoms with Gasteiger partial charge >= 0.3 is 6.18 Å². The smallest absolute Gasteiger partial charge is 0.416 e. The zero-order chi connectivity index (χ0) is 12.6. The fourth-order valence-electron chi connectivity index (χ4n) is 0.985. The van der Waals surface area contributed by atoms with Crippen molar-refractivity contribution in [2.45, 2.75) is 11.1 Å². The fourth-order valence-corrected chi connectivity index (χ4v) is 2.20. The van der Waals surface area contributed by atoms with Crippen molar-refractivity contribution < 1.29 is 21.6 Å². The normalized spacial score (nSPS) is 12.8. The SMILES string of the molecule is C[N-]S(=O)(=O)c1ccc(C(F)(F)F)cc1Cl. The van der Waals surface area contributed by atoms with E-state index in [1.54, 1.807) is 0 Å². The lowest BCUT2D eigenvalue weighted by atomic mass is 10.2. The topological polar surface area (TPSA) is 48.2 Å². The number of nitrogens with zero attached hydrogens (tertiary/aromatic N) is 1. The first kappa shape index (κ1) is 13.3. The number of hydrogen-bond acceptors (Lipinski definition) is 2. The molecule has 0 heterocycles. The quantitative estimate of drug-likeness (QED) is 0.831. The number of sulfonamides is 1. The Bertz CT molecular complexity index is 498. The van der Waals surface area contributed by atoms with Crippen molar-refractivity contribution in [2.24, 2.45) is 0 Å². The van der Waals surface area contributed by atoms with Crippen LogP contribution < -0.4 is 0 Å². The molecule has 90 valence electrons. The third kappa shape index (κ3) is 2.66. The molecule has 0 spiro atoms. The Morgan fingerprint density at radius 2 is 1.88 bits per heavy atom. The van der Waals surface area contributed by atoms with Gasteiger partial charge in [0, 0.05) is 0 Å². The van der Waals surface area contributed by atoms with Crippen LogP contribution in [0.1, 0.15) is 5.56 Å². The molecule has 0 N–H and O–H groups in total. The van der Waals surface area contributed by atoms with Gasteiger partial charge in [-0.2, -0.15) is 20.2 Å². The number of hydrogen-bond donors (Lipinski definition) is 0. The minimum atomic E-state index is -4.56. The van der Waals surface area contributed by atoms with Gasteiger partial charge in [-0.15, -0.1) is 0 Å². The summed E-state index contributed by atoms with van der Waals surface area (Å²) < 4.78 is 62.3. The Morgan fingerprint density at radius 1 is 1.31 bits per heavy atom. The molecule has 0 saturated heterocycles. The van der Waals surface area contributed by atoms with E-state index in [0.29, 0.717) is 12.1 Å². The third-order valence-corrected chi connectivity index (χ3v) is 3.59. The Labute approximate surface area is 95.3 Å². The van der Waals surface area contributed by atoms with Gasteiger partial charge in [0.05, 0.1) is 15.5 Å². The third-order valence-electron chi connectivity index (χ3n) is 1.78. The van der Waals surface area contributed by atoms with E-state index in [9.17, 15) is 21.6 Å². The minimum Gasteiger partial charge on any atom is -0.547 e. The molecule has 1 rings (SSSR count). The predicted molar refractivity (Wildman–Crippen MR) is 52.9 cm³/mol. The number of halogens is 4. The zero-order valence-corrected chi connectivity index (χ0v) is 9.49. The molecule has 16 heavy (non-hydrogen) atoms. The lowest BCUT2D eigenvalue weighted by Gasteiger charge is -2.16. The summed E-state index contributed by atoms with van der Waals surface area (Å²) in [4.78, 5) is -0.440. The van der Waals surface area contributed by atoms with Gasteiger partial charge in [0.2, 0.25) is 0 Å². The second-order valence-electron chi connectivity index (χ2n) is 2.80. The van der Waals surface area contributed by atoms with E-state index in [1.165, 1.54) is 0 Å². The molecule has 0 unspecified atom stereocenters. The molecule has 0 aromatic heterocycles. The van der Waals surface area contributed by atoms with Crippen LogP contribution in [0, 0.1) is 0 Å². The van der Waals surface area contributed by atoms with Crippen LogP contribution in [0.4, 0.5) is 13.2 Å². The molecular weight excluding hydrogens is 267 g/mol. The summed E-state index contributed by atoms with van der Waals surface area (Å²) in [6, 6.07) is 1.98. The van der Waals surface area contributed by atoms with Crippen LogP contribution in [0.15, 0.2) is 23.1 Å². The Hall–Kier alpha value is -0.790. The zero-order valence-electron chi connectivity index (χ0n) is 7.92. The summed E-state index contributed by atoms with van der Waals surface area (Å²) in [6.07, 6.45) is -4.56. The van der Waals surface area contributed by atoms with Gasteiger partial charge in [-0.1, -0.05) is 11.6 Å². The first-order valence-corrected chi connectivity index (χ1v) is 5.73. The molecule has 0 aliphatic rings. The molecular formula is C8H6ClF3NO2S-. The summed E-state index contributed by atoms with van der Waals surface area (Å²) in [5.41, 5.74) is -1.01. The highest BCUT2D eigenvalue weighted by molar-refractivity contribution is 7.94. The predicted octanol–water partition coefficient (Wildman–Crippen LogP) is 3.05. The average molecular weight is 273 g/mol. The largest absolute Gasteiger partial charge is 0.547 e. The van der Waals surface area contributed by atoms with E-state index in [4.69, 9.17) is 11.6 Å². The van der Waals surface area contributed by atoms with E-state index >= 15 is 0 Å². The van der Waals surface area contributed by atoms with Crippen LogP contribution in [-0.2, 0) is 16.2 Å². The van der Waals surface area contributed by atoms with Gasteiger partial charge in [0.1, 0.15) is 10.0 Å². The molecule has 0 amide bonds. The second kappa shape index (κ2) is 4.23. The number of rotatable bonds is 2. The molecule has 8 heteroatoms. The Morgan fingerprint density at radius 3 is 2.25 bits per heavy atom. The highest BCUT2D eigenvalue weighted by atomic mass is 35.5. The van der Waals surface area contributed by atoms with Crippen molar-refractivity contribution in [2.75, 3.05) is 7.05 Å². The summed E-state index contributed by atoms with van der Waals surface area (Å²) in [7, 11) is -2.95. The average Bonchev–Trinajstić information content (AvgIpc) is 2.16. The Kier molecular flexibility index (Phi) is 3.51. The van der Waals surface area contributed by atoms with Crippen molar-refractivity contribution in [3.63, 3.8) is 0 Å². The van der Waals surface area contributed by atoms with Gasteiger partial charge in [0.25, 0.3) is 0 Å². The first-order chi connectivity index (χ1) is 7.18. The van der Waals surface area contributed by atoms with Crippen molar-refractivity contribution >= 4 is 21.6 Å². The van der Waals surface area contributed by atoms with Crippen LogP contribution in [0.2, 0.25) is 5.02 Å². The van der Waals surface area contributed by atoms with Gasteiger partial charge in [0.15, 0.2) is 0 Å². The van der Waals surface area contributed by atoms with Crippen molar-refractivity contribution in [3.05, 3.63) is 33.5 Å². The van der Waals surface area contributed by atoms with Gasteiger partial charge in [-0.3, -0.25) is 0 Å². The molecule has 0 bridgehead atoms. The highest BCUT2D eigenvalue weighted by Crippen LogP contribution is 2.34. The monoisotopic (exact) mass is 272 g/mol. The first-order valence-electron chi connectivity index (χ1n) is 3.91. The summed E-state index contributed by atoms with van der Waals surface area (Å²) in [6.45, 7) is 0. The lowest BCUT2D eigenvalue weighted by Crippen LogP contribution is -2.06. The number of benzene rings is 1. The van der Waals surface area contributed by atoms with Crippen molar-refractivity contribution in [3.8, 4) is 0 Å². The molecule has 0 fully saturated rings. The van der Waals surface area contributed by atoms with Crippen molar-refractivity contribution in [1.29, 1.82) is 0 Å². The molecule has 0 aliphatic carbocycles. The standard InChI is InChI=1S/C8H6ClF3NO2S/c1-13-16(14,15)7-3-2-5(4-6(7)9)8(10,11)12/h2-4H,1H3/q-1. The van der Waals surface area contributed by atoms with Crippen LogP contribution in [0.5, 0.6) is 0 Å².